The number of nitrogens with one attached hydrogen (secondary N) is 1. The van der Waals surface area contributed by atoms with E-state index in [4.69, 9.17) is 9.47 Å². The second-order valence-corrected chi connectivity index (χ2v) is 4.75. The lowest BCUT2D eigenvalue weighted by Crippen LogP contribution is -2.16. The van der Waals surface area contributed by atoms with Crippen molar-refractivity contribution < 1.29 is 9.47 Å². The fourth-order valence-electron chi connectivity index (χ4n) is 2.14. The van der Waals surface area contributed by atoms with E-state index in [1.165, 1.54) is 5.56 Å². The third-order valence-corrected chi connectivity index (χ3v) is 3.19. The zero-order valence-electron chi connectivity index (χ0n) is 12.7. The predicted molar refractivity (Wildman–Crippen MR) is 82.7 cm³/mol. The zero-order valence-corrected chi connectivity index (χ0v) is 12.7. The molecule has 0 aliphatic rings. The Morgan fingerprint density at radius 1 is 1.29 bits per heavy atom. The Bertz CT molecular complexity index is 526. The van der Waals surface area contributed by atoms with Crippen molar-refractivity contribution in [3.8, 4) is 11.5 Å². The molecule has 0 atom stereocenters. The van der Waals surface area contributed by atoms with Gasteiger partial charge in [-0.3, -0.25) is 0 Å². The minimum absolute atomic E-state index is 0.641. The highest BCUT2D eigenvalue weighted by Gasteiger charge is 2.04. The van der Waals surface area contributed by atoms with Crippen LogP contribution in [-0.4, -0.2) is 29.8 Å². The van der Waals surface area contributed by atoms with Gasteiger partial charge in [0.2, 0.25) is 0 Å². The fraction of sp³-hybridized carbons (Fsp3) is 0.438. The van der Waals surface area contributed by atoms with Gasteiger partial charge in [-0.1, -0.05) is 6.07 Å². The Morgan fingerprint density at radius 2 is 2.19 bits per heavy atom. The SMILES string of the molecule is CCOc1ccc(CNCCCn2ccnc2)cc1OC. The number of hydrogen-bond acceptors (Lipinski definition) is 4. The second-order valence-electron chi connectivity index (χ2n) is 4.75. The Morgan fingerprint density at radius 3 is 2.90 bits per heavy atom. The number of imidazole rings is 1. The molecule has 0 saturated carbocycles. The van der Waals surface area contributed by atoms with Gasteiger partial charge < -0.3 is 19.4 Å². The van der Waals surface area contributed by atoms with Crippen LogP contribution in [0.3, 0.4) is 0 Å². The molecule has 1 aromatic heterocycles. The smallest absolute Gasteiger partial charge is 0.161 e. The molecule has 0 aliphatic carbocycles. The standard InChI is InChI=1S/C16H23N3O2/c1-3-21-15-6-5-14(11-16(15)20-2)12-17-7-4-9-19-10-8-18-13-19/h5-6,8,10-11,13,17H,3-4,7,9,12H2,1-2H3. The maximum atomic E-state index is 5.51. The van der Waals surface area contributed by atoms with Gasteiger partial charge in [0, 0.05) is 25.5 Å². The largest absolute Gasteiger partial charge is 0.493 e. The third kappa shape index (κ3) is 4.79. The summed E-state index contributed by atoms with van der Waals surface area (Å²) in [5.41, 5.74) is 1.19. The van der Waals surface area contributed by atoms with E-state index >= 15 is 0 Å². The first kappa shape index (κ1) is 15.4. The van der Waals surface area contributed by atoms with Crippen molar-refractivity contribution in [1.29, 1.82) is 0 Å². The summed E-state index contributed by atoms with van der Waals surface area (Å²) in [6.07, 6.45) is 6.71. The lowest BCUT2D eigenvalue weighted by atomic mass is 10.2. The van der Waals surface area contributed by atoms with Gasteiger partial charge in [0.05, 0.1) is 20.0 Å². The van der Waals surface area contributed by atoms with Gasteiger partial charge in [-0.25, -0.2) is 4.98 Å². The molecule has 0 unspecified atom stereocenters. The number of aromatic nitrogens is 2. The average Bonchev–Trinajstić information content (AvgIpc) is 3.01. The molecule has 1 heterocycles. The van der Waals surface area contributed by atoms with Crippen LogP contribution in [0.15, 0.2) is 36.9 Å². The fourth-order valence-corrected chi connectivity index (χ4v) is 2.14. The molecule has 0 saturated heterocycles. The molecule has 21 heavy (non-hydrogen) atoms. The van der Waals surface area contributed by atoms with E-state index in [1.807, 2.05) is 31.6 Å². The molecule has 2 rings (SSSR count). The number of nitrogens with zero attached hydrogens (tertiary/aromatic N) is 2. The molecule has 0 radical (unpaired) electrons. The van der Waals surface area contributed by atoms with Gasteiger partial charge in [0.25, 0.3) is 0 Å². The van der Waals surface area contributed by atoms with Crippen molar-refractivity contribution in [2.75, 3.05) is 20.3 Å². The summed E-state index contributed by atoms with van der Waals surface area (Å²) in [7, 11) is 1.67. The summed E-state index contributed by atoms with van der Waals surface area (Å²) in [5, 5.41) is 3.44. The zero-order chi connectivity index (χ0) is 14.9. The molecule has 5 nitrogen and oxygen atoms in total. The average molecular weight is 289 g/mol. The van der Waals surface area contributed by atoms with E-state index < -0.39 is 0 Å². The number of rotatable bonds is 9. The molecule has 2 aromatic rings. The van der Waals surface area contributed by atoms with Crippen LogP contribution < -0.4 is 14.8 Å². The minimum atomic E-state index is 0.641. The van der Waals surface area contributed by atoms with Gasteiger partial charge in [0.1, 0.15) is 0 Å². The quantitative estimate of drug-likeness (QED) is 0.720. The Balaban J connectivity index is 1.75. The molecule has 114 valence electrons. The van der Waals surface area contributed by atoms with Crippen molar-refractivity contribution >= 4 is 0 Å². The molecule has 1 aromatic carbocycles. The van der Waals surface area contributed by atoms with Crippen LogP contribution in [0.25, 0.3) is 0 Å². The van der Waals surface area contributed by atoms with Gasteiger partial charge in [-0.2, -0.15) is 0 Å². The van der Waals surface area contributed by atoms with Gasteiger partial charge in [-0.15, -0.1) is 0 Å². The van der Waals surface area contributed by atoms with Crippen LogP contribution in [0.1, 0.15) is 18.9 Å². The van der Waals surface area contributed by atoms with Gasteiger partial charge in [-0.05, 0) is 37.6 Å². The summed E-state index contributed by atoms with van der Waals surface area (Å²) in [6.45, 7) is 5.39. The lowest BCUT2D eigenvalue weighted by Gasteiger charge is -2.11. The first-order valence-electron chi connectivity index (χ1n) is 7.29. The molecule has 0 amide bonds. The van der Waals surface area contributed by atoms with E-state index in [-0.39, 0.29) is 0 Å². The third-order valence-electron chi connectivity index (χ3n) is 3.19. The molecular weight excluding hydrogens is 266 g/mol. The van der Waals surface area contributed by atoms with E-state index in [0.29, 0.717) is 6.61 Å². The van der Waals surface area contributed by atoms with Crippen LogP contribution in [0.4, 0.5) is 0 Å². The molecule has 0 aliphatic heterocycles. The van der Waals surface area contributed by atoms with Crippen molar-refractivity contribution in [1.82, 2.24) is 14.9 Å². The maximum Gasteiger partial charge on any atom is 0.161 e. The van der Waals surface area contributed by atoms with Crippen molar-refractivity contribution in [2.45, 2.75) is 26.4 Å². The normalized spacial score (nSPS) is 10.6. The maximum absolute atomic E-state index is 5.51. The Hall–Kier alpha value is -2.01. The van der Waals surface area contributed by atoms with E-state index in [2.05, 4.69) is 20.9 Å². The Kier molecular flexibility index (Phi) is 6.09. The van der Waals surface area contributed by atoms with Crippen LogP contribution in [0.2, 0.25) is 0 Å². The number of methoxy groups -OCH3 is 1. The minimum Gasteiger partial charge on any atom is -0.493 e. The van der Waals surface area contributed by atoms with Gasteiger partial charge >= 0.3 is 0 Å². The van der Waals surface area contributed by atoms with E-state index in [0.717, 1.165) is 37.6 Å². The van der Waals surface area contributed by atoms with Gasteiger partial charge in [0.15, 0.2) is 11.5 Å². The lowest BCUT2D eigenvalue weighted by molar-refractivity contribution is 0.310. The van der Waals surface area contributed by atoms with Crippen molar-refractivity contribution in [2.24, 2.45) is 0 Å². The number of benzene rings is 1. The topological polar surface area (TPSA) is 48.3 Å². The van der Waals surface area contributed by atoms with Crippen LogP contribution in [0, 0.1) is 0 Å². The summed E-state index contributed by atoms with van der Waals surface area (Å²) in [6, 6.07) is 6.05. The highest BCUT2D eigenvalue weighted by Crippen LogP contribution is 2.27. The summed E-state index contributed by atoms with van der Waals surface area (Å²) < 4.78 is 13.0. The summed E-state index contributed by atoms with van der Waals surface area (Å²) in [4.78, 5) is 4.03. The highest BCUT2D eigenvalue weighted by atomic mass is 16.5. The van der Waals surface area contributed by atoms with Crippen molar-refractivity contribution in [3.63, 3.8) is 0 Å². The molecule has 0 spiro atoms. The van der Waals surface area contributed by atoms with Crippen LogP contribution in [0.5, 0.6) is 11.5 Å². The van der Waals surface area contributed by atoms with Crippen LogP contribution >= 0.6 is 0 Å². The predicted octanol–water partition coefficient (Wildman–Crippen LogP) is 2.47. The van der Waals surface area contributed by atoms with E-state index in [1.54, 1.807) is 13.3 Å². The monoisotopic (exact) mass is 289 g/mol. The first-order chi connectivity index (χ1) is 10.3. The molecule has 0 bridgehead atoms. The number of aryl methyl sites for hydroxylation is 1. The molecule has 0 fully saturated rings. The molecule has 1 N–H and O–H groups in total. The van der Waals surface area contributed by atoms with Crippen LogP contribution in [-0.2, 0) is 13.1 Å². The second kappa shape index (κ2) is 8.32. The first-order valence-corrected chi connectivity index (χ1v) is 7.29. The summed E-state index contributed by atoms with van der Waals surface area (Å²) in [5.74, 6) is 1.58. The Labute approximate surface area is 125 Å². The highest BCUT2D eigenvalue weighted by molar-refractivity contribution is 5.42. The number of ether oxygens (including phenoxy) is 2. The van der Waals surface area contributed by atoms with Crippen molar-refractivity contribution in [3.05, 3.63) is 42.5 Å². The molecule has 5 heteroatoms. The molecular formula is C16H23N3O2. The summed E-state index contributed by atoms with van der Waals surface area (Å²) >= 11 is 0. The van der Waals surface area contributed by atoms with E-state index in [9.17, 15) is 0 Å². The number of hydrogen-bond donors (Lipinski definition) is 1.